The average Bonchev–Trinajstić information content (AvgIpc) is 3.42. The molecule has 2 aromatic carbocycles. The highest BCUT2D eigenvalue weighted by atomic mass is 32.2. The summed E-state index contributed by atoms with van der Waals surface area (Å²) in [6.45, 7) is 5.19. The van der Waals surface area contributed by atoms with E-state index in [2.05, 4.69) is 24.0 Å². The second kappa shape index (κ2) is 8.90. The highest BCUT2D eigenvalue weighted by molar-refractivity contribution is 7.89. The molecule has 0 saturated carbocycles. The predicted molar refractivity (Wildman–Crippen MR) is 117 cm³/mol. The molecule has 0 amide bonds. The summed E-state index contributed by atoms with van der Waals surface area (Å²) < 4.78 is 39.4. The Morgan fingerprint density at radius 1 is 1.06 bits per heavy atom. The van der Waals surface area contributed by atoms with E-state index in [9.17, 15) is 8.42 Å². The van der Waals surface area contributed by atoms with Crippen LogP contribution in [-0.4, -0.2) is 49.7 Å². The maximum Gasteiger partial charge on any atom is 0.247 e. The smallest absolute Gasteiger partial charge is 0.247 e. The van der Waals surface area contributed by atoms with Crippen LogP contribution in [0, 0.1) is 5.92 Å². The Hall–Kier alpha value is -2.55. The molecule has 0 bridgehead atoms. The predicted octanol–water partition coefficient (Wildman–Crippen LogP) is 3.91. The molecule has 31 heavy (non-hydrogen) atoms. The zero-order valence-corrected chi connectivity index (χ0v) is 18.7. The molecule has 4 rings (SSSR count). The highest BCUT2D eigenvalue weighted by Crippen LogP contribution is 2.36. The first-order chi connectivity index (χ1) is 14.9. The third-order valence-electron chi connectivity index (χ3n) is 5.75. The maximum absolute atomic E-state index is 13.3. The van der Waals surface area contributed by atoms with E-state index in [1.165, 1.54) is 4.31 Å². The second-order valence-corrected chi connectivity index (χ2v) is 10.1. The van der Waals surface area contributed by atoms with E-state index in [1.807, 2.05) is 42.5 Å². The summed E-state index contributed by atoms with van der Waals surface area (Å²) in [5.41, 5.74) is 1.94. The molecule has 0 spiro atoms. The molecule has 1 aliphatic rings. The van der Waals surface area contributed by atoms with Crippen LogP contribution < -0.4 is 0 Å². The van der Waals surface area contributed by atoms with Gasteiger partial charge < -0.3 is 9.15 Å². The van der Waals surface area contributed by atoms with E-state index in [-0.39, 0.29) is 18.4 Å². The van der Waals surface area contributed by atoms with Crippen molar-refractivity contribution in [1.82, 2.24) is 14.5 Å². The Bertz CT molecular complexity index is 1110. The molecule has 7 nitrogen and oxygen atoms in total. The normalized spacial score (nSPS) is 19.9. The summed E-state index contributed by atoms with van der Waals surface area (Å²) in [6, 6.07) is 16.6. The number of hydrogen-bond donors (Lipinski definition) is 0. The monoisotopic (exact) mass is 441 g/mol. The number of rotatable bonds is 7. The molecule has 3 aromatic rings. The summed E-state index contributed by atoms with van der Waals surface area (Å²) in [6.07, 6.45) is 0. The van der Waals surface area contributed by atoms with E-state index in [1.54, 1.807) is 19.2 Å². The van der Waals surface area contributed by atoms with E-state index in [4.69, 9.17) is 9.15 Å². The third-order valence-corrected chi connectivity index (χ3v) is 7.60. The number of ether oxygens (including phenoxy) is 1. The van der Waals surface area contributed by atoms with E-state index in [0.717, 1.165) is 11.1 Å². The molecule has 1 aromatic heterocycles. The molecular formula is C23H27N3O4S. The lowest BCUT2D eigenvalue weighted by Gasteiger charge is -2.17. The van der Waals surface area contributed by atoms with Crippen LogP contribution in [0.1, 0.15) is 37.1 Å². The standard InChI is InChI=1S/C23H27N3O4S/c1-16(2)17-9-11-20(12-10-17)31(27,28)26-13-19(15-29-3)21(14-26)23-25-24-22(30-23)18-7-5-4-6-8-18/h4-12,16,19,21H,13-15H2,1-3H3/t19-,21+/m0/s1. The number of benzene rings is 2. The fourth-order valence-corrected chi connectivity index (χ4v) is 5.47. The zero-order chi connectivity index (χ0) is 22.0. The molecular weight excluding hydrogens is 414 g/mol. The largest absolute Gasteiger partial charge is 0.420 e. The number of methoxy groups -OCH3 is 1. The molecule has 0 aliphatic carbocycles. The number of nitrogens with zero attached hydrogens (tertiary/aromatic N) is 3. The van der Waals surface area contributed by atoms with Gasteiger partial charge in [0, 0.05) is 31.7 Å². The van der Waals surface area contributed by atoms with E-state index in [0.29, 0.717) is 35.7 Å². The van der Waals surface area contributed by atoms with Gasteiger partial charge in [-0.25, -0.2) is 8.42 Å². The minimum Gasteiger partial charge on any atom is -0.420 e. The van der Waals surface area contributed by atoms with Crippen LogP contribution in [0.25, 0.3) is 11.5 Å². The van der Waals surface area contributed by atoms with Crippen LogP contribution >= 0.6 is 0 Å². The lowest BCUT2D eigenvalue weighted by atomic mass is 9.97. The van der Waals surface area contributed by atoms with Crippen molar-refractivity contribution in [2.45, 2.75) is 30.6 Å². The van der Waals surface area contributed by atoms with Gasteiger partial charge in [0.1, 0.15) is 0 Å². The lowest BCUT2D eigenvalue weighted by molar-refractivity contribution is 0.147. The third kappa shape index (κ3) is 4.42. The first kappa shape index (κ1) is 21.7. The Morgan fingerprint density at radius 3 is 2.42 bits per heavy atom. The molecule has 0 radical (unpaired) electrons. The van der Waals surface area contributed by atoms with Crippen molar-refractivity contribution >= 4 is 10.0 Å². The van der Waals surface area contributed by atoms with Crippen molar-refractivity contribution in [3.05, 3.63) is 66.1 Å². The van der Waals surface area contributed by atoms with Crippen molar-refractivity contribution in [3.8, 4) is 11.5 Å². The first-order valence-electron chi connectivity index (χ1n) is 10.4. The molecule has 0 unspecified atom stereocenters. The van der Waals surface area contributed by atoms with Crippen LogP contribution in [0.5, 0.6) is 0 Å². The van der Waals surface area contributed by atoms with Gasteiger partial charge in [0.05, 0.1) is 17.4 Å². The summed E-state index contributed by atoms with van der Waals surface area (Å²) >= 11 is 0. The van der Waals surface area contributed by atoms with Crippen LogP contribution in [0.4, 0.5) is 0 Å². The fourth-order valence-electron chi connectivity index (χ4n) is 3.95. The minimum absolute atomic E-state index is 0.0706. The number of aromatic nitrogens is 2. The van der Waals surface area contributed by atoms with Gasteiger partial charge in [0.15, 0.2) is 0 Å². The van der Waals surface area contributed by atoms with Crippen molar-refractivity contribution in [2.75, 3.05) is 26.8 Å². The lowest BCUT2D eigenvalue weighted by Crippen LogP contribution is -2.29. The zero-order valence-electron chi connectivity index (χ0n) is 17.9. The molecule has 2 heterocycles. The SMILES string of the molecule is COC[C@@H]1CN(S(=O)(=O)c2ccc(C(C)C)cc2)C[C@H]1c1nnc(-c2ccccc2)o1. The average molecular weight is 442 g/mol. The number of hydrogen-bond acceptors (Lipinski definition) is 6. The van der Waals surface area contributed by atoms with Gasteiger partial charge >= 0.3 is 0 Å². The molecule has 0 N–H and O–H groups in total. The molecule has 1 aliphatic heterocycles. The summed E-state index contributed by atoms with van der Waals surface area (Å²) in [7, 11) is -2.02. The Labute approximate surface area is 183 Å². The molecule has 1 fully saturated rings. The Morgan fingerprint density at radius 2 is 1.77 bits per heavy atom. The topological polar surface area (TPSA) is 85.5 Å². The minimum atomic E-state index is -3.63. The fraction of sp³-hybridized carbons (Fsp3) is 0.391. The maximum atomic E-state index is 13.3. The van der Waals surface area contributed by atoms with Gasteiger partial charge in [-0.1, -0.05) is 44.2 Å². The summed E-state index contributed by atoms with van der Waals surface area (Å²) in [5.74, 6) is 0.912. The van der Waals surface area contributed by atoms with Crippen LogP contribution in [0.2, 0.25) is 0 Å². The van der Waals surface area contributed by atoms with E-state index < -0.39 is 10.0 Å². The van der Waals surface area contributed by atoms with Gasteiger partial charge in [-0.15, -0.1) is 10.2 Å². The second-order valence-electron chi connectivity index (χ2n) is 8.18. The first-order valence-corrected chi connectivity index (χ1v) is 11.8. The van der Waals surface area contributed by atoms with Crippen molar-refractivity contribution < 1.29 is 17.6 Å². The van der Waals surface area contributed by atoms with Gasteiger partial charge in [-0.2, -0.15) is 4.31 Å². The van der Waals surface area contributed by atoms with Crippen LogP contribution in [-0.2, 0) is 14.8 Å². The quantitative estimate of drug-likeness (QED) is 0.553. The molecule has 8 heteroatoms. The van der Waals surface area contributed by atoms with Crippen LogP contribution in [0.15, 0.2) is 63.9 Å². The van der Waals surface area contributed by atoms with Crippen LogP contribution in [0.3, 0.4) is 0 Å². The van der Waals surface area contributed by atoms with E-state index >= 15 is 0 Å². The Balaban J connectivity index is 1.59. The number of sulfonamides is 1. The molecule has 164 valence electrons. The molecule has 2 atom stereocenters. The molecule has 1 saturated heterocycles. The van der Waals surface area contributed by atoms with Gasteiger partial charge in [0.25, 0.3) is 0 Å². The van der Waals surface area contributed by atoms with Crippen molar-refractivity contribution in [3.63, 3.8) is 0 Å². The van der Waals surface area contributed by atoms with Crippen molar-refractivity contribution in [2.24, 2.45) is 5.92 Å². The summed E-state index contributed by atoms with van der Waals surface area (Å²) in [4.78, 5) is 0.296. The van der Waals surface area contributed by atoms with Gasteiger partial charge in [-0.05, 0) is 35.7 Å². The van der Waals surface area contributed by atoms with Crippen molar-refractivity contribution in [1.29, 1.82) is 0 Å². The highest BCUT2D eigenvalue weighted by Gasteiger charge is 2.42. The Kier molecular flexibility index (Phi) is 6.22. The van der Waals surface area contributed by atoms with Gasteiger partial charge in [-0.3, -0.25) is 0 Å². The summed E-state index contributed by atoms with van der Waals surface area (Å²) in [5, 5.41) is 8.41. The van der Waals surface area contributed by atoms with Gasteiger partial charge in [0.2, 0.25) is 21.8 Å².